The summed E-state index contributed by atoms with van der Waals surface area (Å²) in [7, 11) is -1.93. The summed E-state index contributed by atoms with van der Waals surface area (Å²) >= 11 is 0. The molecule has 0 aromatic carbocycles. The number of rotatable bonds is 7. The second-order valence-corrected chi connectivity index (χ2v) is 6.66. The summed E-state index contributed by atoms with van der Waals surface area (Å²) in [5.74, 6) is 0.911. The van der Waals surface area contributed by atoms with Gasteiger partial charge in [-0.3, -0.25) is 0 Å². The van der Waals surface area contributed by atoms with Crippen LogP contribution < -0.4 is 5.32 Å². The molecule has 6 heteroatoms. The van der Waals surface area contributed by atoms with E-state index in [0.717, 1.165) is 6.54 Å². The summed E-state index contributed by atoms with van der Waals surface area (Å²) in [5, 5.41) is 3.10. The van der Waals surface area contributed by atoms with E-state index in [1.807, 2.05) is 20.8 Å². The van der Waals surface area contributed by atoms with Crippen molar-refractivity contribution in [3.63, 3.8) is 0 Å². The average Bonchev–Trinajstić information content (AvgIpc) is 2.74. The quantitative estimate of drug-likeness (QED) is 0.821. The first kappa shape index (κ1) is 15.2. The van der Waals surface area contributed by atoms with Crippen LogP contribution in [0.15, 0.2) is 21.6 Å². The Balaban J connectivity index is 2.81. The van der Waals surface area contributed by atoms with Crippen molar-refractivity contribution in [2.24, 2.45) is 5.92 Å². The molecule has 1 aromatic rings. The van der Waals surface area contributed by atoms with Gasteiger partial charge in [-0.05, 0) is 24.6 Å². The fourth-order valence-electron chi connectivity index (χ4n) is 1.61. The zero-order valence-electron chi connectivity index (χ0n) is 11.4. The van der Waals surface area contributed by atoms with Crippen molar-refractivity contribution >= 4 is 10.0 Å². The highest BCUT2D eigenvalue weighted by atomic mass is 32.2. The number of hydrogen-bond donors (Lipinski definition) is 1. The molecule has 104 valence electrons. The number of furan rings is 1. The summed E-state index contributed by atoms with van der Waals surface area (Å²) in [6, 6.07) is 3.21. The lowest BCUT2D eigenvalue weighted by Gasteiger charge is -2.17. The van der Waals surface area contributed by atoms with Crippen LogP contribution in [0, 0.1) is 5.92 Å². The van der Waals surface area contributed by atoms with Crippen molar-refractivity contribution in [2.45, 2.75) is 32.4 Å². The molecule has 1 heterocycles. The van der Waals surface area contributed by atoms with E-state index in [1.165, 1.54) is 10.4 Å². The molecule has 18 heavy (non-hydrogen) atoms. The van der Waals surface area contributed by atoms with Crippen LogP contribution in [0.4, 0.5) is 0 Å². The summed E-state index contributed by atoms with van der Waals surface area (Å²) in [5.41, 5.74) is 0. The van der Waals surface area contributed by atoms with E-state index in [-0.39, 0.29) is 11.0 Å². The van der Waals surface area contributed by atoms with Gasteiger partial charge in [0.15, 0.2) is 0 Å². The van der Waals surface area contributed by atoms with Gasteiger partial charge < -0.3 is 9.73 Å². The number of hydrogen-bond acceptors (Lipinski definition) is 4. The molecule has 0 saturated heterocycles. The van der Waals surface area contributed by atoms with Crippen molar-refractivity contribution in [1.82, 2.24) is 9.62 Å². The van der Waals surface area contributed by atoms with Crippen molar-refractivity contribution in [1.29, 1.82) is 0 Å². The Kier molecular flexibility index (Phi) is 5.37. The molecule has 0 saturated carbocycles. The van der Waals surface area contributed by atoms with Gasteiger partial charge in [0.1, 0.15) is 5.76 Å². The first-order chi connectivity index (χ1) is 8.37. The molecule has 0 bridgehead atoms. The van der Waals surface area contributed by atoms with E-state index in [4.69, 9.17) is 4.42 Å². The maximum Gasteiger partial charge on any atom is 0.276 e. The highest BCUT2D eigenvalue weighted by molar-refractivity contribution is 7.89. The zero-order valence-corrected chi connectivity index (χ0v) is 12.3. The predicted octanol–water partition coefficient (Wildman–Crippen LogP) is 1.67. The van der Waals surface area contributed by atoms with E-state index < -0.39 is 10.0 Å². The number of nitrogens with one attached hydrogen (secondary N) is 1. The lowest BCUT2D eigenvalue weighted by Crippen LogP contribution is -2.30. The van der Waals surface area contributed by atoms with Crippen LogP contribution >= 0.6 is 0 Å². The van der Waals surface area contributed by atoms with E-state index in [0.29, 0.717) is 18.8 Å². The predicted molar refractivity (Wildman–Crippen MR) is 70.7 cm³/mol. The van der Waals surface area contributed by atoms with Gasteiger partial charge in [0.2, 0.25) is 5.09 Å². The maximum atomic E-state index is 12.2. The number of nitrogens with zero attached hydrogens (tertiary/aromatic N) is 1. The summed E-state index contributed by atoms with van der Waals surface area (Å²) < 4.78 is 31.0. The first-order valence-corrected chi connectivity index (χ1v) is 7.57. The van der Waals surface area contributed by atoms with Crippen molar-refractivity contribution in [2.75, 3.05) is 20.1 Å². The molecular weight excluding hydrogens is 252 g/mol. The SMILES string of the molecule is CCNCc1ccc(S(=O)(=O)N(C)CC(C)C)o1. The molecule has 1 rings (SSSR count). The van der Waals surface area contributed by atoms with Gasteiger partial charge >= 0.3 is 0 Å². The van der Waals surface area contributed by atoms with Gasteiger partial charge in [-0.1, -0.05) is 20.8 Å². The molecule has 0 aliphatic heterocycles. The molecule has 0 unspecified atom stereocenters. The van der Waals surface area contributed by atoms with Crippen LogP contribution in [-0.2, 0) is 16.6 Å². The van der Waals surface area contributed by atoms with Crippen LogP contribution in [0.25, 0.3) is 0 Å². The molecule has 1 aromatic heterocycles. The van der Waals surface area contributed by atoms with Gasteiger partial charge in [-0.2, -0.15) is 4.31 Å². The highest BCUT2D eigenvalue weighted by Crippen LogP contribution is 2.18. The lowest BCUT2D eigenvalue weighted by molar-refractivity contribution is 0.368. The summed E-state index contributed by atoms with van der Waals surface area (Å²) in [6.45, 7) is 7.77. The molecular formula is C12H22N2O3S. The summed E-state index contributed by atoms with van der Waals surface area (Å²) in [6.07, 6.45) is 0. The van der Waals surface area contributed by atoms with Crippen molar-refractivity contribution in [3.8, 4) is 0 Å². The van der Waals surface area contributed by atoms with Crippen LogP contribution in [0.1, 0.15) is 26.5 Å². The Bertz CT molecular complexity index is 465. The maximum absolute atomic E-state index is 12.2. The Morgan fingerprint density at radius 1 is 1.39 bits per heavy atom. The second kappa shape index (κ2) is 6.36. The molecule has 5 nitrogen and oxygen atoms in total. The van der Waals surface area contributed by atoms with E-state index in [2.05, 4.69) is 5.32 Å². The highest BCUT2D eigenvalue weighted by Gasteiger charge is 2.24. The van der Waals surface area contributed by atoms with Crippen molar-refractivity contribution in [3.05, 3.63) is 17.9 Å². The molecule has 0 aliphatic carbocycles. The first-order valence-electron chi connectivity index (χ1n) is 6.13. The minimum absolute atomic E-state index is 0.0125. The monoisotopic (exact) mass is 274 g/mol. The van der Waals surface area contributed by atoms with E-state index in [9.17, 15) is 8.42 Å². The van der Waals surface area contributed by atoms with Crippen molar-refractivity contribution < 1.29 is 12.8 Å². The largest absolute Gasteiger partial charge is 0.447 e. The minimum Gasteiger partial charge on any atom is -0.447 e. The molecule has 0 spiro atoms. The topological polar surface area (TPSA) is 62.6 Å². The Labute approximate surface area is 109 Å². The zero-order chi connectivity index (χ0) is 13.8. The Hall–Kier alpha value is -0.850. The molecule has 0 amide bonds. The van der Waals surface area contributed by atoms with Gasteiger partial charge in [-0.25, -0.2) is 8.42 Å². The van der Waals surface area contributed by atoms with Crippen LogP contribution in [0.3, 0.4) is 0 Å². The van der Waals surface area contributed by atoms with Crippen LogP contribution in [0.5, 0.6) is 0 Å². The second-order valence-electron chi connectivity index (χ2n) is 4.68. The molecule has 0 radical (unpaired) electrons. The molecule has 0 aliphatic rings. The third-order valence-electron chi connectivity index (χ3n) is 2.47. The number of sulfonamides is 1. The van der Waals surface area contributed by atoms with Gasteiger partial charge in [0.25, 0.3) is 10.0 Å². The fraction of sp³-hybridized carbons (Fsp3) is 0.667. The summed E-state index contributed by atoms with van der Waals surface area (Å²) in [4.78, 5) is 0. The van der Waals surface area contributed by atoms with Gasteiger partial charge in [-0.15, -0.1) is 0 Å². The third-order valence-corrected chi connectivity index (χ3v) is 4.17. The van der Waals surface area contributed by atoms with E-state index >= 15 is 0 Å². The minimum atomic E-state index is -3.50. The average molecular weight is 274 g/mol. The molecule has 0 fully saturated rings. The third kappa shape index (κ3) is 3.83. The van der Waals surface area contributed by atoms with Gasteiger partial charge in [0.05, 0.1) is 6.54 Å². The smallest absolute Gasteiger partial charge is 0.276 e. The molecule has 0 atom stereocenters. The Morgan fingerprint density at radius 3 is 2.61 bits per heavy atom. The fourth-order valence-corrected chi connectivity index (χ4v) is 2.86. The lowest BCUT2D eigenvalue weighted by atomic mass is 10.2. The van der Waals surface area contributed by atoms with Crippen LogP contribution in [0.2, 0.25) is 0 Å². The Morgan fingerprint density at radius 2 is 2.06 bits per heavy atom. The van der Waals surface area contributed by atoms with Crippen LogP contribution in [-0.4, -0.2) is 32.9 Å². The van der Waals surface area contributed by atoms with E-state index in [1.54, 1.807) is 13.1 Å². The van der Waals surface area contributed by atoms with Gasteiger partial charge in [0, 0.05) is 13.6 Å². The molecule has 1 N–H and O–H groups in total. The normalized spacial score (nSPS) is 12.6. The standard InChI is InChI=1S/C12H22N2O3S/c1-5-13-8-11-6-7-12(17-11)18(15,16)14(4)9-10(2)3/h6-7,10,13H,5,8-9H2,1-4H3.